The Balaban J connectivity index is 1.65. The number of hydrogen-bond acceptors (Lipinski definition) is 4. The minimum atomic E-state index is -0.322. The third-order valence-electron chi connectivity index (χ3n) is 6.36. The molecule has 5 heteroatoms. The highest BCUT2D eigenvalue weighted by Crippen LogP contribution is 2.38. The molecule has 5 nitrogen and oxygen atoms in total. The molecule has 1 aromatic heterocycles. The van der Waals surface area contributed by atoms with Gasteiger partial charge in [0.2, 0.25) is 0 Å². The molecule has 4 rings (SSSR count). The minimum absolute atomic E-state index is 0.0455. The number of fused-ring (bicyclic) bond motifs is 1. The quantitative estimate of drug-likeness (QED) is 0.335. The van der Waals surface area contributed by atoms with E-state index in [9.17, 15) is 4.79 Å². The van der Waals surface area contributed by atoms with Gasteiger partial charge in [0, 0.05) is 23.0 Å². The Morgan fingerprint density at radius 1 is 1.00 bits per heavy atom. The lowest BCUT2D eigenvalue weighted by atomic mass is 9.87. The van der Waals surface area contributed by atoms with Gasteiger partial charge in [-0.05, 0) is 46.4 Å². The summed E-state index contributed by atoms with van der Waals surface area (Å²) in [5.41, 5.74) is 11.2. The van der Waals surface area contributed by atoms with Crippen LogP contribution in [-0.2, 0) is 5.41 Å². The van der Waals surface area contributed by atoms with E-state index in [1.54, 1.807) is 13.2 Å². The van der Waals surface area contributed by atoms with E-state index in [-0.39, 0.29) is 29.0 Å². The van der Waals surface area contributed by atoms with Gasteiger partial charge in [0.1, 0.15) is 0 Å². The Bertz CT molecular complexity index is 1280. The summed E-state index contributed by atoms with van der Waals surface area (Å²) in [5, 5.41) is 3.71. The lowest BCUT2D eigenvalue weighted by Crippen LogP contribution is -2.18. The Labute approximate surface area is 200 Å². The van der Waals surface area contributed by atoms with E-state index in [1.165, 1.54) is 5.56 Å². The standard InChI is InChI=1S/C29H32N2O3/c1-18(19-9-7-6-8-10-19)26(30)22-15-16-24(33-5)27-23(22)17-25(34-27)28(32)31-21-13-11-20(12-14-21)29(2,3)4/h6-18,26H,30H2,1-5H3,(H,31,32). The fourth-order valence-electron chi connectivity index (χ4n) is 4.16. The number of furan rings is 1. The van der Waals surface area contributed by atoms with Crippen LogP contribution in [-0.4, -0.2) is 13.0 Å². The van der Waals surface area contributed by atoms with Gasteiger partial charge < -0.3 is 20.2 Å². The van der Waals surface area contributed by atoms with Crippen LogP contribution in [0.2, 0.25) is 0 Å². The van der Waals surface area contributed by atoms with Gasteiger partial charge in [-0.25, -0.2) is 0 Å². The first kappa shape index (κ1) is 23.6. The number of nitrogens with one attached hydrogen (secondary N) is 1. The summed E-state index contributed by atoms with van der Waals surface area (Å²) in [4.78, 5) is 13.0. The highest BCUT2D eigenvalue weighted by Gasteiger charge is 2.24. The average molecular weight is 457 g/mol. The van der Waals surface area contributed by atoms with Crippen molar-refractivity contribution in [1.82, 2.24) is 0 Å². The van der Waals surface area contributed by atoms with Gasteiger partial charge in [-0.15, -0.1) is 0 Å². The molecule has 3 N–H and O–H groups in total. The number of benzene rings is 3. The molecule has 1 heterocycles. The Kier molecular flexibility index (Phi) is 6.49. The van der Waals surface area contributed by atoms with E-state index < -0.39 is 0 Å². The number of methoxy groups -OCH3 is 1. The summed E-state index contributed by atoms with van der Waals surface area (Å²) in [6.07, 6.45) is 0. The predicted molar refractivity (Wildman–Crippen MR) is 138 cm³/mol. The number of hydrogen-bond donors (Lipinski definition) is 2. The number of rotatable bonds is 6. The van der Waals surface area contributed by atoms with Crippen molar-refractivity contribution >= 4 is 22.6 Å². The molecule has 2 atom stereocenters. The maximum atomic E-state index is 13.0. The third-order valence-corrected chi connectivity index (χ3v) is 6.36. The Morgan fingerprint density at radius 3 is 2.29 bits per heavy atom. The zero-order valence-corrected chi connectivity index (χ0v) is 20.4. The first-order valence-corrected chi connectivity index (χ1v) is 11.5. The van der Waals surface area contributed by atoms with Crippen molar-refractivity contribution in [2.24, 2.45) is 5.73 Å². The van der Waals surface area contributed by atoms with Crippen LogP contribution in [0.4, 0.5) is 5.69 Å². The summed E-state index contributed by atoms with van der Waals surface area (Å²) in [7, 11) is 1.58. The van der Waals surface area contributed by atoms with Gasteiger partial charge in [0.05, 0.1) is 7.11 Å². The molecule has 1 amide bonds. The minimum Gasteiger partial charge on any atom is -0.493 e. The van der Waals surface area contributed by atoms with Crippen LogP contribution in [0.25, 0.3) is 11.0 Å². The van der Waals surface area contributed by atoms with Crippen molar-refractivity contribution in [2.75, 3.05) is 12.4 Å². The smallest absolute Gasteiger partial charge is 0.291 e. The molecule has 0 radical (unpaired) electrons. The fraction of sp³-hybridized carbons (Fsp3) is 0.276. The molecule has 176 valence electrons. The van der Waals surface area contributed by atoms with Crippen LogP contribution in [0.5, 0.6) is 5.75 Å². The molecule has 0 saturated heterocycles. The van der Waals surface area contributed by atoms with Gasteiger partial charge in [-0.1, -0.05) is 76.2 Å². The van der Waals surface area contributed by atoms with Crippen LogP contribution < -0.4 is 15.8 Å². The molecule has 0 fully saturated rings. The van der Waals surface area contributed by atoms with Crippen LogP contribution in [0.15, 0.2) is 77.2 Å². The van der Waals surface area contributed by atoms with Gasteiger partial charge in [-0.3, -0.25) is 4.79 Å². The summed E-state index contributed by atoms with van der Waals surface area (Å²) >= 11 is 0. The largest absolute Gasteiger partial charge is 0.493 e. The molecule has 0 spiro atoms. The maximum absolute atomic E-state index is 13.0. The monoisotopic (exact) mass is 456 g/mol. The molecule has 2 unspecified atom stereocenters. The van der Waals surface area contributed by atoms with Gasteiger partial charge >= 0.3 is 0 Å². The van der Waals surface area contributed by atoms with E-state index >= 15 is 0 Å². The van der Waals surface area contributed by atoms with Crippen molar-refractivity contribution in [1.29, 1.82) is 0 Å². The van der Waals surface area contributed by atoms with Gasteiger partial charge in [0.15, 0.2) is 17.1 Å². The summed E-state index contributed by atoms with van der Waals surface area (Å²) in [5.74, 6) is 0.524. The highest BCUT2D eigenvalue weighted by molar-refractivity contribution is 6.05. The molecule has 34 heavy (non-hydrogen) atoms. The summed E-state index contributed by atoms with van der Waals surface area (Å²) < 4.78 is 11.5. The molecule has 3 aromatic carbocycles. The van der Waals surface area contributed by atoms with Crippen molar-refractivity contribution in [3.05, 3.63) is 95.2 Å². The molecule has 4 aromatic rings. The summed E-state index contributed by atoms with van der Waals surface area (Å²) in [6.45, 7) is 8.57. The number of carbonyl (C=O) groups is 1. The van der Waals surface area contributed by atoms with Crippen molar-refractivity contribution < 1.29 is 13.9 Å². The van der Waals surface area contributed by atoms with Crippen LogP contribution >= 0.6 is 0 Å². The number of carbonyl (C=O) groups excluding carboxylic acids is 1. The Morgan fingerprint density at radius 2 is 1.68 bits per heavy atom. The zero-order valence-electron chi connectivity index (χ0n) is 20.4. The van der Waals surface area contributed by atoms with Crippen molar-refractivity contribution in [2.45, 2.75) is 45.1 Å². The van der Waals surface area contributed by atoms with Crippen LogP contribution in [0, 0.1) is 0 Å². The second-order valence-corrected chi connectivity index (χ2v) is 9.72. The third kappa shape index (κ3) is 4.70. The van der Waals surface area contributed by atoms with Gasteiger partial charge in [0.25, 0.3) is 5.91 Å². The number of anilines is 1. The molecule has 0 aliphatic carbocycles. The number of nitrogens with two attached hydrogens (primary N) is 1. The second kappa shape index (κ2) is 9.35. The predicted octanol–water partition coefficient (Wildman–Crippen LogP) is 6.79. The van der Waals surface area contributed by atoms with E-state index in [0.29, 0.717) is 17.0 Å². The van der Waals surface area contributed by atoms with E-state index in [0.717, 1.165) is 16.5 Å². The summed E-state index contributed by atoms with van der Waals surface area (Å²) in [6, 6.07) is 23.3. The number of amides is 1. The molecule has 0 bridgehead atoms. The van der Waals surface area contributed by atoms with Gasteiger partial charge in [-0.2, -0.15) is 0 Å². The number of ether oxygens (including phenoxy) is 1. The molecule has 0 aliphatic rings. The van der Waals surface area contributed by atoms with E-state index in [1.807, 2.05) is 54.6 Å². The SMILES string of the molecule is COc1ccc(C(N)C(C)c2ccccc2)c2cc(C(=O)Nc3ccc(C(C)(C)C)cc3)oc12. The van der Waals surface area contributed by atoms with E-state index in [2.05, 4.69) is 45.1 Å². The van der Waals surface area contributed by atoms with Crippen LogP contribution in [0.1, 0.15) is 66.9 Å². The van der Waals surface area contributed by atoms with E-state index in [4.69, 9.17) is 14.9 Å². The normalized spacial score (nSPS) is 13.5. The first-order chi connectivity index (χ1) is 16.2. The Hall–Kier alpha value is -3.57. The lowest BCUT2D eigenvalue weighted by molar-refractivity contribution is 0.0998. The lowest BCUT2D eigenvalue weighted by Gasteiger charge is -2.21. The fourth-order valence-corrected chi connectivity index (χ4v) is 4.16. The van der Waals surface area contributed by atoms with Crippen molar-refractivity contribution in [3.8, 4) is 5.75 Å². The molecule has 0 saturated carbocycles. The maximum Gasteiger partial charge on any atom is 0.291 e. The second-order valence-electron chi connectivity index (χ2n) is 9.72. The van der Waals surface area contributed by atoms with Crippen LogP contribution in [0.3, 0.4) is 0 Å². The zero-order chi connectivity index (χ0) is 24.5. The molecule has 0 aliphatic heterocycles. The first-order valence-electron chi connectivity index (χ1n) is 11.5. The molecular weight excluding hydrogens is 424 g/mol. The van der Waals surface area contributed by atoms with Crippen molar-refractivity contribution in [3.63, 3.8) is 0 Å². The highest BCUT2D eigenvalue weighted by atomic mass is 16.5. The average Bonchev–Trinajstić information content (AvgIpc) is 3.29. The molecular formula is C29H32N2O3. The topological polar surface area (TPSA) is 77.5 Å².